The van der Waals surface area contributed by atoms with Crippen molar-refractivity contribution in [1.29, 1.82) is 0 Å². The number of pyridine rings is 1. The van der Waals surface area contributed by atoms with Crippen LogP contribution < -0.4 is 11.3 Å². The first-order valence-electron chi connectivity index (χ1n) is 5.86. The maximum Gasteiger partial charge on any atom is 0.255 e. The molecule has 4 heteroatoms. The van der Waals surface area contributed by atoms with E-state index < -0.39 is 0 Å². The van der Waals surface area contributed by atoms with E-state index in [0.717, 1.165) is 12.1 Å². The molecule has 0 aliphatic rings. The molecule has 0 atom stereocenters. The molecule has 0 saturated carbocycles. The van der Waals surface area contributed by atoms with Gasteiger partial charge in [0.1, 0.15) is 0 Å². The predicted octanol–water partition coefficient (Wildman–Crippen LogP) is 1.43. The molecule has 0 aromatic carbocycles. The highest BCUT2D eigenvalue weighted by molar-refractivity contribution is 5.15. The Bertz CT molecular complexity index is 436. The average molecular weight is 238 g/mol. The quantitative estimate of drug-likeness (QED) is 0.844. The van der Waals surface area contributed by atoms with Gasteiger partial charge in [0.2, 0.25) is 0 Å². The summed E-state index contributed by atoms with van der Waals surface area (Å²) in [5.41, 5.74) is 6.95. The highest BCUT2D eigenvalue weighted by Gasteiger charge is 2.17. The highest BCUT2D eigenvalue weighted by atomic mass is 16.5. The van der Waals surface area contributed by atoms with Crippen LogP contribution in [0, 0.1) is 6.92 Å². The third kappa shape index (κ3) is 3.41. The number of aromatic nitrogens is 1. The van der Waals surface area contributed by atoms with Crippen molar-refractivity contribution in [3.05, 3.63) is 33.7 Å². The van der Waals surface area contributed by atoms with Crippen molar-refractivity contribution < 1.29 is 4.74 Å². The van der Waals surface area contributed by atoms with Crippen molar-refractivity contribution in [2.24, 2.45) is 5.73 Å². The summed E-state index contributed by atoms with van der Waals surface area (Å²) in [6, 6.07) is 3.74. The summed E-state index contributed by atoms with van der Waals surface area (Å²) < 4.78 is 7.12. The minimum absolute atomic E-state index is 0.0133. The first kappa shape index (κ1) is 13.9. The second kappa shape index (κ2) is 5.47. The van der Waals surface area contributed by atoms with Crippen LogP contribution in [0.4, 0.5) is 0 Å². The topological polar surface area (TPSA) is 57.2 Å². The Hall–Kier alpha value is -1.13. The number of rotatable bonds is 5. The van der Waals surface area contributed by atoms with E-state index in [9.17, 15) is 4.79 Å². The van der Waals surface area contributed by atoms with E-state index in [1.165, 1.54) is 0 Å². The summed E-state index contributed by atoms with van der Waals surface area (Å²) in [6.45, 7) is 6.90. The SMILES string of the molecule is COC(C)(C)CCn1c(C)ccc(CN)c1=O. The van der Waals surface area contributed by atoms with Crippen molar-refractivity contribution in [2.45, 2.75) is 45.9 Å². The monoisotopic (exact) mass is 238 g/mol. The molecule has 0 spiro atoms. The number of hydrogen-bond acceptors (Lipinski definition) is 3. The zero-order valence-corrected chi connectivity index (χ0v) is 11.1. The third-order valence-corrected chi connectivity index (χ3v) is 3.18. The van der Waals surface area contributed by atoms with Gasteiger partial charge in [-0.15, -0.1) is 0 Å². The van der Waals surface area contributed by atoms with Crippen molar-refractivity contribution in [3.63, 3.8) is 0 Å². The largest absolute Gasteiger partial charge is 0.379 e. The number of aryl methyl sites for hydroxylation is 1. The van der Waals surface area contributed by atoms with Crippen molar-refractivity contribution in [2.75, 3.05) is 7.11 Å². The molecule has 0 amide bonds. The van der Waals surface area contributed by atoms with Crippen LogP contribution in [0.25, 0.3) is 0 Å². The molecule has 2 N–H and O–H groups in total. The molecule has 0 unspecified atom stereocenters. The van der Waals surface area contributed by atoms with E-state index in [-0.39, 0.29) is 17.7 Å². The van der Waals surface area contributed by atoms with E-state index >= 15 is 0 Å². The van der Waals surface area contributed by atoms with E-state index in [1.54, 1.807) is 17.7 Å². The van der Waals surface area contributed by atoms with E-state index in [1.807, 2.05) is 26.8 Å². The Morgan fingerprint density at radius 2 is 2.06 bits per heavy atom. The van der Waals surface area contributed by atoms with Gasteiger partial charge in [-0.2, -0.15) is 0 Å². The zero-order valence-electron chi connectivity index (χ0n) is 11.1. The Kier molecular flexibility index (Phi) is 4.48. The lowest BCUT2D eigenvalue weighted by atomic mass is 10.1. The molecule has 0 radical (unpaired) electrons. The summed E-state index contributed by atoms with van der Waals surface area (Å²) in [6.07, 6.45) is 0.790. The van der Waals surface area contributed by atoms with Crippen molar-refractivity contribution in [3.8, 4) is 0 Å². The van der Waals surface area contributed by atoms with Gasteiger partial charge in [0.15, 0.2) is 0 Å². The molecule has 4 nitrogen and oxygen atoms in total. The van der Waals surface area contributed by atoms with Crippen molar-refractivity contribution >= 4 is 0 Å². The van der Waals surface area contributed by atoms with Gasteiger partial charge in [-0.3, -0.25) is 4.79 Å². The minimum Gasteiger partial charge on any atom is -0.379 e. The van der Waals surface area contributed by atoms with Crippen LogP contribution in [0.1, 0.15) is 31.5 Å². The number of nitrogens with two attached hydrogens (primary N) is 1. The van der Waals surface area contributed by atoms with Crippen LogP contribution in [0.5, 0.6) is 0 Å². The first-order valence-corrected chi connectivity index (χ1v) is 5.86. The first-order chi connectivity index (χ1) is 7.91. The maximum absolute atomic E-state index is 12.1. The van der Waals surface area contributed by atoms with E-state index in [4.69, 9.17) is 10.5 Å². The van der Waals surface area contributed by atoms with Gasteiger partial charge in [-0.05, 0) is 33.3 Å². The van der Waals surface area contributed by atoms with Crippen LogP contribution in [-0.4, -0.2) is 17.3 Å². The minimum atomic E-state index is -0.218. The molecular weight excluding hydrogens is 216 g/mol. The Balaban J connectivity index is 2.95. The molecular formula is C13H22N2O2. The molecule has 1 aromatic rings. The Morgan fingerprint density at radius 3 is 2.59 bits per heavy atom. The van der Waals surface area contributed by atoms with Crippen LogP contribution in [-0.2, 0) is 17.8 Å². The van der Waals surface area contributed by atoms with Crippen LogP contribution in [0.3, 0.4) is 0 Å². The molecule has 1 rings (SSSR count). The average Bonchev–Trinajstić information content (AvgIpc) is 2.29. The smallest absolute Gasteiger partial charge is 0.255 e. The molecule has 96 valence electrons. The normalized spacial score (nSPS) is 11.8. The van der Waals surface area contributed by atoms with Gasteiger partial charge in [0, 0.05) is 31.5 Å². The summed E-state index contributed by atoms with van der Waals surface area (Å²) in [4.78, 5) is 12.1. The van der Waals surface area contributed by atoms with Crippen molar-refractivity contribution in [1.82, 2.24) is 4.57 Å². The Labute approximate surface area is 102 Å². The number of nitrogens with zero attached hydrogens (tertiary/aromatic N) is 1. The fourth-order valence-electron chi connectivity index (χ4n) is 1.63. The lowest BCUT2D eigenvalue weighted by Gasteiger charge is -2.23. The number of ether oxygens (including phenoxy) is 1. The molecule has 17 heavy (non-hydrogen) atoms. The standard InChI is InChI=1S/C13H22N2O2/c1-10-5-6-11(9-14)12(16)15(10)8-7-13(2,3)17-4/h5-6H,7-9,14H2,1-4H3. The molecule has 0 bridgehead atoms. The fraction of sp³-hybridized carbons (Fsp3) is 0.615. The van der Waals surface area contributed by atoms with Gasteiger partial charge < -0.3 is 15.0 Å². The van der Waals surface area contributed by atoms with Gasteiger partial charge in [0.25, 0.3) is 5.56 Å². The predicted molar refractivity (Wildman–Crippen MR) is 69.0 cm³/mol. The van der Waals surface area contributed by atoms with Gasteiger partial charge in [0.05, 0.1) is 5.60 Å². The summed E-state index contributed by atoms with van der Waals surface area (Å²) in [7, 11) is 1.69. The molecule has 1 heterocycles. The number of methoxy groups -OCH3 is 1. The van der Waals surface area contributed by atoms with Crippen LogP contribution in [0.15, 0.2) is 16.9 Å². The maximum atomic E-state index is 12.1. The number of hydrogen-bond donors (Lipinski definition) is 1. The van der Waals surface area contributed by atoms with Crippen LogP contribution in [0.2, 0.25) is 0 Å². The molecule has 1 aromatic heterocycles. The molecule has 0 aliphatic heterocycles. The van der Waals surface area contributed by atoms with Gasteiger partial charge in [-0.25, -0.2) is 0 Å². The Morgan fingerprint density at radius 1 is 1.41 bits per heavy atom. The molecule has 0 fully saturated rings. The van der Waals surface area contributed by atoms with Crippen LogP contribution >= 0.6 is 0 Å². The summed E-state index contributed by atoms with van der Waals surface area (Å²) >= 11 is 0. The van der Waals surface area contributed by atoms with Gasteiger partial charge >= 0.3 is 0 Å². The lowest BCUT2D eigenvalue weighted by Crippen LogP contribution is -2.31. The second-order valence-electron chi connectivity index (χ2n) is 4.87. The lowest BCUT2D eigenvalue weighted by molar-refractivity contribution is 0.0117. The van der Waals surface area contributed by atoms with Gasteiger partial charge in [-0.1, -0.05) is 6.07 Å². The zero-order chi connectivity index (χ0) is 13.1. The highest BCUT2D eigenvalue weighted by Crippen LogP contribution is 2.14. The third-order valence-electron chi connectivity index (χ3n) is 3.18. The summed E-state index contributed by atoms with van der Waals surface area (Å²) in [5.74, 6) is 0. The fourth-order valence-corrected chi connectivity index (χ4v) is 1.63. The molecule has 0 aliphatic carbocycles. The van der Waals surface area contributed by atoms with E-state index in [2.05, 4.69) is 0 Å². The van der Waals surface area contributed by atoms with E-state index in [0.29, 0.717) is 12.1 Å². The second-order valence-corrected chi connectivity index (χ2v) is 4.87. The summed E-state index contributed by atoms with van der Waals surface area (Å²) in [5, 5.41) is 0. The molecule has 0 saturated heterocycles.